The van der Waals surface area contributed by atoms with Gasteiger partial charge in [-0.15, -0.1) is 6.42 Å². The molecule has 0 unspecified atom stereocenters. The summed E-state index contributed by atoms with van der Waals surface area (Å²) in [6.45, 7) is 0. The van der Waals surface area contributed by atoms with E-state index in [1.807, 2.05) is 18.2 Å². The van der Waals surface area contributed by atoms with Crippen LogP contribution in [0.3, 0.4) is 0 Å². The van der Waals surface area contributed by atoms with Crippen LogP contribution < -0.4 is 0 Å². The lowest BCUT2D eigenvalue weighted by atomic mass is 10.0. The Morgan fingerprint density at radius 3 is 2.00 bits per heavy atom. The minimum absolute atomic E-state index is 0.0178. The van der Waals surface area contributed by atoms with Crippen LogP contribution in [0, 0.1) is 12.3 Å². The number of hydrogen-bond acceptors (Lipinski definition) is 1. The molecular formula is C15H10O. The molecule has 76 valence electrons. The molecule has 0 heterocycles. The Morgan fingerprint density at radius 2 is 1.44 bits per heavy atom. The van der Waals surface area contributed by atoms with Gasteiger partial charge in [0.15, 0.2) is 5.78 Å². The molecule has 1 nitrogen and oxygen atoms in total. The third-order valence-corrected chi connectivity index (χ3v) is 2.35. The standard InChI is InChI=1S/C15H10O/c1-2-12-8-10-14(11-9-12)15(16)13-6-4-3-5-7-13/h1,3-11H. The van der Waals surface area contributed by atoms with Gasteiger partial charge >= 0.3 is 0 Å². The normalized spacial score (nSPS) is 9.44. The molecule has 16 heavy (non-hydrogen) atoms. The number of terminal acetylenes is 1. The van der Waals surface area contributed by atoms with Crippen LogP contribution in [-0.4, -0.2) is 5.78 Å². The van der Waals surface area contributed by atoms with Gasteiger partial charge in [-0.05, 0) is 24.3 Å². The highest BCUT2D eigenvalue weighted by atomic mass is 16.1. The van der Waals surface area contributed by atoms with Crippen LogP contribution in [-0.2, 0) is 0 Å². The summed E-state index contributed by atoms with van der Waals surface area (Å²) in [4.78, 5) is 12.0. The van der Waals surface area contributed by atoms with Gasteiger partial charge in [0.2, 0.25) is 0 Å². The second-order valence-corrected chi connectivity index (χ2v) is 3.42. The maximum atomic E-state index is 12.0. The Kier molecular flexibility index (Phi) is 2.84. The van der Waals surface area contributed by atoms with Crippen LogP contribution in [0.4, 0.5) is 0 Å². The Labute approximate surface area is 94.7 Å². The minimum Gasteiger partial charge on any atom is -0.289 e. The first-order chi connectivity index (χ1) is 7.81. The number of ketones is 1. The zero-order chi connectivity index (χ0) is 11.4. The Hall–Kier alpha value is -2.33. The molecule has 0 saturated carbocycles. The number of benzene rings is 2. The molecule has 0 saturated heterocycles. The lowest BCUT2D eigenvalue weighted by molar-refractivity contribution is 0.103. The molecule has 0 amide bonds. The van der Waals surface area contributed by atoms with E-state index in [1.54, 1.807) is 36.4 Å². The summed E-state index contributed by atoms with van der Waals surface area (Å²) in [6.07, 6.45) is 5.25. The summed E-state index contributed by atoms with van der Waals surface area (Å²) in [7, 11) is 0. The maximum absolute atomic E-state index is 12.0. The van der Waals surface area contributed by atoms with Gasteiger partial charge in [-0.25, -0.2) is 0 Å². The van der Waals surface area contributed by atoms with Gasteiger partial charge in [-0.3, -0.25) is 4.79 Å². The maximum Gasteiger partial charge on any atom is 0.193 e. The molecule has 0 fully saturated rings. The molecule has 0 radical (unpaired) electrons. The van der Waals surface area contributed by atoms with Crippen molar-refractivity contribution in [2.45, 2.75) is 0 Å². The zero-order valence-electron chi connectivity index (χ0n) is 8.68. The summed E-state index contributed by atoms with van der Waals surface area (Å²) in [5, 5.41) is 0. The lowest BCUT2D eigenvalue weighted by Crippen LogP contribution is -2.00. The van der Waals surface area contributed by atoms with Gasteiger partial charge in [0.25, 0.3) is 0 Å². The van der Waals surface area contributed by atoms with Crippen LogP contribution in [0.1, 0.15) is 21.5 Å². The van der Waals surface area contributed by atoms with Gasteiger partial charge in [0.05, 0.1) is 0 Å². The van der Waals surface area contributed by atoms with Crippen molar-refractivity contribution in [3.8, 4) is 12.3 Å². The molecule has 0 N–H and O–H groups in total. The summed E-state index contributed by atoms with van der Waals surface area (Å²) in [6, 6.07) is 16.3. The largest absolute Gasteiger partial charge is 0.289 e. The van der Waals surface area contributed by atoms with Crippen molar-refractivity contribution in [1.29, 1.82) is 0 Å². The molecule has 2 aromatic carbocycles. The predicted molar refractivity (Wildman–Crippen MR) is 64.3 cm³/mol. The van der Waals surface area contributed by atoms with Crippen LogP contribution in [0.15, 0.2) is 54.6 Å². The fourth-order valence-corrected chi connectivity index (χ4v) is 1.47. The first-order valence-corrected chi connectivity index (χ1v) is 4.97. The van der Waals surface area contributed by atoms with E-state index in [0.29, 0.717) is 11.1 Å². The van der Waals surface area contributed by atoms with Crippen molar-refractivity contribution in [1.82, 2.24) is 0 Å². The van der Waals surface area contributed by atoms with E-state index in [1.165, 1.54) is 0 Å². The third-order valence-electron chi connectivity index (χ3n) is 2.35. The molecule has 0 spiro atoms. The van der Waals surface area contributed by atoms with Gasteiger partial charge in [0.1, 0.15) is 0 Å². The Morgan fingerprint density at radius 1 is 0.875 bits per heavy atom. The molecule has 1 heteroatoms. The highest BCUT2D eigenvalue weighted by molar-refractivity contribution is 6.08. The van der Waals surface area contributed by atoms with Crippen LogP contribution >= 0.6 is 0 Å². The molecule has 0 aliphatic heterocycles. The van der Waals surface area contributed by atoms with Gasteiger partial charge < -0.3 is 0 Å². The van der Waals surface area contributed by atoms with E-state index >= 15 is 0 Å². The number of hydrogen-bond donors (Lipinski definition) is 0. The molecule has 0 aliphatic rings. The summed E-state index contributed by atoms with van der Waals surface area (Å²) in [5.74, 6) is 2.54. The Bertz CT molecular complexity index is 530. The molecule has 2 aromatic rings. The van der Waals surface area contributed by atoms with E-state index in [-0.39, 0.29) is 5.78 Å². The smallest absolute Gasteiger partial charge is 0.193 e. The van der Waals surface area contributed by atoms with Crippen molar-refractivity contribution in [3.05, 3.63) is 71.3 Å². The first-order valence-electron chi connectivity index (χ1n) is 4.97. The van der Waals surface area contributed by atoms with Crippen LogP contribution in [0.5, 0.6) is 0 Å². The first kappa shape index (κ1) is 10.2. The summed E-state index contributed by atoms with van der Waals surface area (Å²) in [5.41, 5.74) is 2.13. The molecule has 0 atom stereocenters. The van der Waals surface area contributed by atoms with Gasteiger partial charge in [0, 0.05) is 16.7 Å². The van der Waals surface area contributed by atoms with Gasteiger partial charge in [-0.1, -0.05) is 36.3 Å². The molecule has 0 bridgehead atoms. The van der Waals surface area contributed by atoms with Crippen molar-refractivity contribution in [3.63, 3.8) is 0 Å². The third kappa shape index (κ3) is 2.02. The summed E-state index contributed by atoms with van der Waals surface area (Å²) >= 11 is 0. The molecular weight excluding hydrogens is 196 g/mol. The molecule has 0 aliphatic carbocycles. The second-order valence-electron chi connectivity index (χ2n) is 3.42. The SMILES string of the molecule is C#Cc1ccc(C(=O)c2ccccc2)cc1. The second kappa shape index (κ2) is 4.46. The fraction of sp³-hybridized carbons (Fsp3) is 0. The lowest BCUT2D eigenvalue weighted by Gasteiger charge is -2.00. The molecule has 0 aromatic heterocycles. The Balaban J connectivity index is 2.32. The van der Waals surface area contributed by atoms with Crippen molar-refractivity contribution in [2.75, 3.05) is 0 Å². The average Bonchev–Trinajstić information content (AvgIpc) is 2.39. The zero-order valence-corrected chi connectivity index (χ0v) is 8.68. The topological polar surface area (TPSA) is 17.1 Å². The van der Waals surface area contributed by atoms with E-state index < -0.39 is 0 Å². The van der Waals surface area contributed by atoms with E-state index in [4.69, 9.17) is 6.42 Å². The van der Waals surface area contributed by atoms with Crippen molar-refractivity contribution in [2.24, 2.45) is 0 Å². The number of carbonyl (C=O) groups excluding carboxylic acids is 1. The van der Waals surface area contributed by atoms with Crippen LogP contribution in [0.2, 0.25) is 0 Å². The fourth-order valence-electron chi connectivity index (χ4n) is 1.47. The minimum atomic E-state index is 0.0178. The highest BCUT2D eigenvalue weighted by Crippen LogP contribution is 2.10. The predicted octanol–water partition coefficient (Wildman–Crippen LogP) is 2.90. The number of rotatable bonds is 2. The van der Waals surface area contributed by atoms with Gasteiger partial charge in [-0.2, -0.15) is 0 Å². The molecule has 2 rings (SSSR count). The van der Waals surface area contributed by atoms with Crippen LogP contribution in [0.25, 0.3) is 0 Å². The van der Waals surface area contributed by atoms with Crippen molar-refractivity contribution >= 4 is 5.78 Å². The monoisotopic (exact) mass is 206 g/mol. The van der Waals surface area contributed by atoms with E-state index in [9.17, 15) is 4.79 Å². The quantitative estimate of drug-likeness (QED) is 0.545. The highest BCUT2D eigenvalue weighted by Gasteiger charge is 2.07. The average molecular weight is 206 g/mol. The van der Waals surface area contributed by atoms with E-state index in [2.05, 4.69) is 5.92 Å². The van der Waals surface area contributed by atoms with E-state index in [0.717, 1.165) is 5.56 Å². The van der Waals surface area contributed by atoms with Crippen molar-refractivity contribution < 1.29 is 4.79 Å². The number of carbonyl (C=O) groups is 1. The summed E-state index contributed by atoms with van der Waals surface area (Å²) < 4.78 is 0.